The van der Waals surface area contributed by atoms with E-state index in [1.807, 2.05) is 0 Å². The zero-order valence-electron chi connectivity index (χ0n) is 13.5. The first kappa shape index (κ1) is 17.9. The molecule has 0 saturated heterocycles. The Bertz CT molecular complexity index is 193. The first-order chi connectivity index (χ1) is 8.40. The van der Waals surface area contributed by atoms with Crippen LogP contribution < -0.4 is 5.32 Å². The molecule has 3 heteroatoms. The van der Waals surface area contributed by atoms with Crippen molar-refractivity contribution in [3.63, 3.8) is 0 Å². The van der Waals surface area contributed by atoms with Crippen LogP contribution >= 0.6 is 0 Å². The van der Waals surface area contributed by atoms with Crippen LogP contribution in [-0.2, 0) is 4.74 Å². The molecule has 0 spiro atoms. The second-order valence-corrected chi connectivity index (χ2v) is 6.19. The van der Waals surface area contributed by atoms with Gasteiger partial charge in [-0.3, -0.25) is 4.90 Å². The highest BCUT2D eigenvalue weighted by Gasteiger charge is 2.23. The van der Waals surface area contributed by atoms with Gasteiger partial charge in [0.25, 0.3) is 0 Å². The fraction of sp³-hybridized carbons (Fsp3) is 1.00. The number of rotatable bonds is 10. The molecule has 110 valence electrons. The lowest BCUT2D eigenvalue weighted by molar-refractivity contribution is 0.0749. The lowest BCUT2D eigenvalue weighted by Crippen LogP contribution is -2.50. The Labute approximate surface area is 114 Å². The van der Waals surface area contributed by atoms with Crippen LogP contribution in [0.25, 0.3) is 0 Å². The number of hydrogen-bond acceptors (Lipinski definition) is 3. The summed E-state index contributed by atoms with van der Waals surface area (Å²) in [5, 5.41) is 3.60. The molecule has 0 aromatic heterocycles. The summed E-state index contributed by atoms with van der Waals surface area (Å²) in [5.74, 6) is 1.37. The number of methoxy groups -OCH3 is 1. The van der Waals surface area contributed by atoms with E-state index in [2.05, 4.69) is 51.8 Å². The Morgan fingerprint density at radius 2 is 1.61 bits per heavy atom. The van der Waals surface area contributed by atoms with E-state index >= 15 is 0 Å². The normalized spacial score (nSPS) is 14.2. The fourth-order valence-electron chi connectivity index (χ4n) is 2.26. The van der Waals surface area contributed by atoms with Crippen LogP contribution in [0.4, 0.5) is 0 Å². The van der Waals surface area contributed by atoms with Gasteiger partial charge in [-0.25, -0.2) is 0 Å². The smallest absolute Gasteiger partial charge is 0.0589 e. The molecule has 3 nitrogen and oxygen atoms in total. The van der Waals surface area contributed by atoms with Gasteiger partial charge < -0.3 is 10.1 Å². The molecular formula is C15H34N2O. The lowest BCUT2D eigenvalue weighted by Gasteiger charge is -2.37. The number of ether oxygens (including phenoxy) is 1. The van der Waals surface area contributed by atoms with Crippen LogP contribution in [0.2, 0.25) is 0 Å². The van der Waals surface area contributed by atoms with Crippen molar-refractivity contribution in [1.82, 2.24) is 10.2 Å². The molecule has 0 aliphatic rings. The quantitative estimate of drug-likeness (QED) is 0.652. The van der Waals surface area contributed by atoms with Crippen molar-refractivity contribution in [2.24, 2.45) is 11.8 Å². The zero-order chi connectivity index (χ0) is 14.1. The summed E-state index contributed by atoms with van der Waals surface area (Å²) in [6.07, 6.45) is 0. The van der Waals surface area contributed by atoms with Crippen molar-refractivity contribution < 1.29 is 4.74 Å². The summed E-state index contributed by atoms with van der Waals surface area (Å²) in [4.78, 5) is 2.56. The predicted molar refractivity (Wildman–Crippen MR) is 80.1 cm³/mol. The molecule has 0 aliphatic carbocycles. The minimum absolute atomic E-state index is 0.563. The summed E-state index contributed by atoms with van der Waals surface area (Å²) in [6, 6.07) is 1.15. The van der Waals surface area contributed by atoms with Crippen molar-refractivity contribution >= 4 is 0 Å². The van der Waals surface area contributed by atoms with E-state index in [9.17, 15) is 0 Å². The molecule has 1 unspecified atom stereocenters. The second kappa shape index (κ2) is 9.76. The van der Waals surface area contributed by atoms with Crippen molar-refractivity contribution in [2.45, 2.75) is 53.6 Å². The second-order valence-electron chi connectivity index (χ2n) is 6.19. The maximum absolute atomic E-state index is 5.23. The Morgan fingerprint density at radius 1 is 1.00 bits per heavy atom. The van der Waals surface area contributed by atoms with E-state index in [0.29, 0.717) is 23.9 Å². The van der Waals surface area contributed by atoms with Gasteiger partial charge in [-0.05, 0) is 32.2 Å². The van der Waals surface area contributed by atoms with Crippen LogP contribution in [0.1, 0.15) is 41.5 Å². The summed E-state index contributed by atoms with van der Waals surface area (Å²) >= 11 is 0. The molecule has 0 aliphatic heterocycles. The van der Waals surface area contributed by atoms with Crippen molar-refractivity contribution in [2.75, 3.05) is 33.4 Å². The van der Waals surface area contributed by atoms with Crippen LogP contribution in [0, 0.1) is 11.8 Å². The highest BCUT2D eigenvalue weighted by molar-refractivity contribution is 4.79. The van der Waals surface area contributed by atoms with Crippen molar-refractivity contribution in [3.8, 4) is 0 Å². The van der Waals surface area contributed by atoms with Gasteiger partial charge in [0.1, 0.15) is 0 Å². The highest BCUT2D eigenvalue weighted by Crippen LogP contribution is 2.13. The molecule has 18 heavy (non-hydrogen) atoms. The van der Waals surface area contributed by atoms with E-state index in [4.69, 9.17) is 4.74 Å². The third kappa shape index (κ3) is 7.34. The van der Waals surface area contributed by atoms with Gasteiger partial charge in [0.15, 0.2) is 0 Å². The van der Waals surface area contributed by atoms with Gasteiger partial charge in [0.05, 0.1) is 6.61 Å². The van der Waals surface area contributed by atoms with Crippen molar-refractivity contribution in [3.05, 3.63) is 0 Å². The highest BCUT2D eigenvalue weighted by atomic mass is 16.5. The van der Waals surface area contributed by atoms with Crippen LogP contribution in [0.15, 0.2) is 0 Å². The minimum atomic E-state index is 0.563. The van der Waals surface area contributed by atoms with Gasteiger partial charge in [-0.15, -0.1) is 0 Å². The zero-order valence-corrected chi connectivity index (χ0v) is 13.5. The molecule has 0 aromatic carbocycles. The maximum atomic E-state index is 5.23. The lowest BCUT2D eigenvalue weighted by atomic mass is 10.0. The molecule has 1 atom stereocenters. The van der Waals surface area contributed by atoms with Crippen LogP contribution in [-0.4, -0.2) is 50.3 Å². The van der Waals surface area contributed by atoms with Crippen LogP contribution in [0.3, 0.4) is 0 Å². The summed E-state index contributed by atoms with van der Waals surface area (Å²) < 4.78 is 5.23. The van der Waals surface area contributed by atoms with Gasteiger partial charge in [0.2, 0.25) is 0 Å². The number of nitrogens with one attached hydrogen (secondary N) is 1. The molecule has 0 fully saturated rings. The Balaban J connectivity index is 4.40. The van der Waals surface area contributed by atoms with Gasteiger partial charge in [0, 0.05) is 32.3 Å². The van der Waals surface area contributed by atoms with E-state index in [1.54, 1.807) is 7.11 Å². The number of nitrogens with zero attached hydrogens (tertiary/aromatic N) is 1. The van der Waals surface area contributed by atoms with Gasteiger partial charge in [-0.2, -0.15) is 0 Å². The Kier molecular flexibility index (Phi) is 9.70. The minimum Gasteiger partial charge on any atom is -0.383 e. The van der Waals surface area contributed by atoms with Gasteiger partial charge >= 0.3 is 0 Å². The largest absolute Gasteiger partial charge is 0.383 e. The molecule has 0 radical (unpaired) electrons. The Morgan fingerprint density at radius 3 is 2.00 bits per heavy atom. The topological polar surface area (TPSA) is 24.5 Å². The summed E-state index contributed by atoms with van der Waals surface area (Å²) in [6.45, 7) is 17.7. The monoisotopic (exact) mass is 258 g/mol. The van der Waals surface area contributed by atoms with E-state index in [-0.39, 0.29) is 0 Å². The molecule has 0 heterocycles. The molecular weight excluding hydrogens is 224 g/mol. The predicted octanol–water partition coefficient (Wildman–Crippen LogP) is 2.61. The van der Waals surface area contributed by atoms with Crippen LogP contribution in [0.5, 0.6) is 0 Å². The SMILES string of the molecule is COCCN(C(C)C)C(CNCC(C)C)C(C)C. The average Bonchev–Trinajstić information content (AvgIpc) is 2.25. The summed E-state index contributed by atoms with van der Waals surface area (Å²) in [7, 11) is 1.78. The first-order valence-corrected chi connectivity index (χ1v) is 7.35. The molecule has 0 bridgehead atoms. The number of hydrogen-bond donors (Lipinski definition) is 1. The Hall–Kier alpha value is -0.120. The molecule has 1 N–H and O–H groups in total. The van der Waals surface area contributed by atoms with Gasteiger partial charge in [-0.1, -0.05) is 27.7 Å². The van der Waals surface area contributed by atoms with E-state index in [1.165, 1.54) is 0 Å². The van der Waals surface area contributed by atoms with E-state index in [0.717, 1.165) is 26.2 Å². The molecule has 0 saturated carbocycles. The third-order valence-corrected chi connectivity index (χ3v) is 3.32. The van der Waals surface area contributed by atoms with Crippen molar-refractivity contribution in [1.29, 1.82) is 0 Å². The maximum Gasteiger partial charge on any atom is 0.0589 e. The molecule has 0 amide bonds. The molecule has 0 aromatic rings. The molecule has 0 rings (SSSR count). The summed E-state index contributed by atoms with van der Waals surface area (Å²) in [5.41, 5.74) is 0. The standard InChI is InChI=1S/C15H34N2O/c1-12(2)10-16-11-15(13(3)4)17(14(5)6)8-9-18-7/h12-16H,8-11H2,1-7H3. The fourth-order valence-corrected chi connectivity index (χ4v) is 2.26. The average molecular weight is 258 g/mol. The third-order valence-electron chi connectivity index (χ3n) is 3.32. The van der Waals surface area contributed by atoms with E-state index < -0.39 is 0 Å². The first-order valence-electron chi connectivity index (χ1n) is 7.35.